The van der Waals surface area contributed by atoms with Gasteiger partial charge in [0.2, 0.25) is 5.91 Å². The van der Waals surface area contributed by atoms with Gasteiger partial charge in [0.05, 0.1) is 0 Å². The van der Waals surface area contributed by atoms with E-state index in [0.29, 0.717) is 23.7 Å². The number of halogens is 2. The van der Waals surface area contributed by atoms with Crippen LogP contribution in [0.5, 0.6) is 0 Å². The molecule has 1 spiro atoms. The molecule has 1 amide bonds. The summed E-state index contributed by atoms with van der Waals surface area (Å²) >= 11 is 6.15. The molecule has 1 N–H and O–H groups in total. The Kier molecular flexibility index (Phi) is 5.20. The number of nitrogens with zero attached hydrogens (tertiary/aromatic N) is 1. The molecule has 1 aliphatic carbocycles. The summed E-state index contributed by atoms with van der Waals surface area (Å²) in [4.78, 5) is 14.8. The zero-order valence-corrected chi connectivity index (χ0v) is 16.0. The normalized spacial score (nSPS) is 21.2. The zero-order valence-electron chi connectivity index (χ0n) is 15.3. The molecule has 1 heterocycles. The van der Waals surface area contributed by atoms with E-state index in [1.165, 1.54) is 6.07 Å². The van der Waals surface area contributed by atoms with Crippen LogP contribution in [0, 0.1) is 17.2 Å². The highest BCUT2D eigenvalue weighted by Gasteiger charge is 2.58. The van der Waals surface area contributed by atoms with Crippen molar-refractivity contribution in [2.24, 2.45) is 11.3 Å². The summed E-state index contributed by atoms with van der Waals surface area (Å²) in [6, 6.07) is 14.8. The largest absolute Gasteiger partial charge is 0.352 e. The van der Waals surface area contributed by atoms with E-state index in [0.717, 1.165) is 37.9 Å². The molecule has 2 aliphatic rings. The molecule has 5 heteroatoms. The fourth-order valence-electron chi connectivity index (χ4n) is 4.24. The van der Waals surface area contributed by atoms with Gasteiger partial charge in [-0.25, -0.2) is 4.39 Å². The molecule has 1 saturated carbocycles. The minimum atomic E-state index is -0.243. The summed E-state index contributed by atoms with van der Waals surface area (Å²) in [6.07, 6.45) is 2.95. The van der Waals surface area contributed by atoms with Gasteiger partial charge in [-0.15, -0.1) is 0 Å². The third-order valence-corrected chi connectivity index (χ3v) is 6.47. The van der Waals surface area contributed by atoms with Crippen LogP contribution in [0.2, 0.25) is 5.02 Å². The van der Waals surface area contributed by atoms with Crippen LogP contribution >= 0.6 is 11.6 Å². The second-order valence-electron chi connectivity index (χ2n) is 7.80. The standard InChI is InChI=1S/C22H24ClFN2O/c23-19-7-4-8-20(24)17(19)15-26-11-9-22(10-12-26)13-18(22)21(27)25-14-16-5-2-1-3-6-16/h1-8,18H,9-15H2,(H,25,27). The van der Waals surface area contributed by atoms with Crippen LogP contribution in [0.3, 0.4) is 0 Å². The van der Waals surface area contributed by atoms with Gasteiger partial charge >= 0.3 is 0 Å². The van der Waals surface area contributed by atoms with Crippen molar-refractivity contribution >= 4 is 17.5 Å². The summed E-state index contributed by atoms with van der Waals surface area (Å²) in [6.45, 7) is 2.89. The fraction of sp³-hybridized carbons (Fsp3) is 0.409. The van der Waals surface area contributed by atoms with Gasteiger partial charge in [-0.05, 0) is 55.5 Å². The van der Waals surface area contributed by atoms with Gasteiger partial charge in [-0.1, -0.05) is 48.0 Å². The highest BCUT2D eigenvalue weighted by Crippen LogP contribution is 2.59. The Morgan fingerprint density at radius 3 is 2.59 bits per heavy atom. The highest BCUT2D eigenvalue weighted by molar-refractivity contribution is 6.31. The molecule has 0 bridgehead atoms. The first-order valence-corrected chi connectivity index (χ1v) is 9.92. The zero-order chi connectivity index (χ0) is 18.9. The van der Waals surface area contributed by atoms with Crippen molar-refractivity contribution in [1.29, 1.82) is 0 Å². The smallest absolute Gasteiger partial charge is 0.223 e. The number of carbonyl (C=O) groups is 1. The van der Waals surface area contributed by atoms with E-state index in [1.807, 2.05) is 30.3 Å². The van der Waals surface area contributed by atoms with E-state index in [4.69, 9.17) is 11.6 Å². The molecule has 2 fully saturated rings. The molecule has 0 aromatic heterocycles. The Morgan fingerprint density at radius 2 is 1.89 bits per heavy atom. The van der Waals surface area contributed by atoms with Crippen LogP contribution in [0.4, 0.5) is 4.39 Å². The van der Waals surface area contributed by atoms with Crippen LogP contribution in [0.25, 0.3) is 0 Å². The lowest BCUT2D eigenvalue weighted by Crippen LogP contribution is -2.37. The molecule has 2 aromatic carbocycles. The average Bonchev–Trinajstić information content (AvgIpc) is 3.39. The number of amides is 1. The lowest BCUT2D eigenvalue weighted by atomic mass is 9.90. The number of nitrogens with one attached hydrogen (secondary N) is 1. The van der Waals surface area contributed by atoms with Gasteiger partial charge < -0.3 is 5.32 Å². The number of piperidine rings is 1. The Morgan fingerprint density at radius 1 is 1.15 bits per heavy atom. The van der Waals surface area contributed by atoms with Gasteiger partial charge in [-0.3, -0.25) is 9.69 Å². The van der Waals surface area contributed by atoms with Crippen molar-refractivity contribution in [3.05, 3.63) is 70.5 Å². The fourth-order valence-corrected chi connectivity index (χ4v) is 4.47. The molecule has 2 aromatic rings. The van der Waals surface area contributed by atoms with E-state index in [2.05, 4.69) is 10.2 Å². The molecular formula is C22H24ClFN2O. The van der Waals surface area contributed by atoms with Crippen LogP contribution in [0.1, 0.15) is 30.4 Å². The van der Waals surface area contributed by atoms with E-state index in [-0.39, 0.29) is 23.1 Å². The predicted octanol–water partition coefficient (Wildman–Crippen LogP) is 4.40. The van der Waals surface area contributed by atoms with Crippen molar-refractivity contribution in [3.63, 3.8) is 0 Å². The van der Waals surface area contributed by atoms with Gasteiger partial charge in [-0.2, -0.15) is 0 Å². The minimum Gasteiger partial charge on any atom is -0.352 e. The number of benzene rings is 2. The second-order valence-corrected chi connectivity index (χ2v) is 8.21. The van der Waals surface area contributed by atoms with E-state index >= 15 is 0 Å². The summed E-state index contributed by atoms with van der Waals surface area (Å²) in [5, 5.41) is 3.56. The third kappa shape index (κ3) is 4.02. The Labute approximate surface area is 164 Å². The summed E-state index contributed by atoms with van der Waals surface area (Å²) in [5.41, 5.74) is 1.84. The lowest BCUT2D eigenvalue weighted by molar-refractivity contribution is -0.123. The van der Waals surface area contributed by atoms with Gasteiger partial charge in [0.25, 0.3) is 0 Å². The van der Waals surface area contributed by atoms with Gasteiger partial charge in [0, 0.05) is 29.6 Å². The molecule has 27 heavy (non-hydrogen) atoms. The monoisotopic (exact) mass is 386 g/mol. The number of rotatable bonds is 5. The Balaban J connectivity index is 1.28. The van der Waals surface area contributed by atoms with Crippen LogP contribution in [-0.4, -0.2) is 23.9 Å². The number of hydrogen-bond acceptors (Lipinski definition) is 2. The van der Waals surface area contributed by atoms with Crippen LogP contribution < -0.4 is 5.32 Å². The van der Waals surface area contributed by atoms with Gasteiger partial charge in [0.1, 0.15) is 5.82 Å². The molecule has 1 unspecified atom stereocenters. The van der Waals surface area contributed by atoms with Crippen molar-refractivity contribution < 1.29 is 9.18 Å². The van der Waals surface area contributed by atoms with Gasteiger partial charge in [0.15, 0.2) is 0 Å². The molecule has 1 atom stereocenters. The molecule has 1 saturated heterocycles. The second kappa shape index (κ2) is 7.61. The number of carbonyl (C=O) groups excluding carboxylic acids is 1. The van der Waals surface area contributed by atoms with E-state index in [9.17, 15) is 9.18 Å². The molecule has 0 radical (unpaired) electrons. The molecule has 142 valence electrons. The summed E-state index contributed by atoms with van der Waals surface area (Å²) in [5.74, 6) is 0.0530. The maximum absolute atomic E-state index is 14.0. The van der Waals surface area contributed by atoms with Crippen molar-refractivity contribution in [1.82, 2.24) is 10.2 Å². The summed E-state index contributed by atoms with van der Waals surface area (Å²) < 4.78 is 14.0. The SMILES string of the molecule is O=C(NCc1ccccc1)C1CC12CCN(Cc1c(F)cccc1Cl)CC2. The molecular weight excluding hydrogens is 363 g/mol. The average molecular weight is 387 g/mol. The van der Waals surface area contributed by atoms with Crippen LogP contribution in [0.15, 0.2) is 48.5 Å². The van der Waals surface area contributed by atoms with E-state index < -0.39 is 0 Å². The molecule has 1 aliphatic heterocycles. The molecule has 3 nitrogen and oxygen atoms in total. The number of likely N-dealkylation sites (tertiary alicyclic amines) is 1. The maximum Gasteiger partial charge on any atom is 0.223 e. The maximum atomic E-state index is 14.0. The van der Waals surface area contributed by atoms with Crippen molar-refractivity contribution in [2.45, 2.75) is 32.4 Å². The summed E-state index contributed by atoms with van der Waals surface area (Å²) in [7, 11) is 0. The highest BCUT2D eigenvalue weighted by atomic mass is 35.5. The lowest BCUT2D eigenvalue weighted by Gasteiger charge is -2.33. The first kappa shape index (κ1) is 18.5. The molecule has 4 rings (SSSR count). The first-order chi connectivity index (χ1) is 13.1. The first-order valence-electron chi connectivity index (χ1n) is 9.54. The van der Waals surface area contributed by atoms with Crippen molar-refractivity contribution in [3.8, 4) is 0 Å². The third-order valence-electron chi connectivity index (χ3n) is 6.11. The van der Waals surface area contributed by atoms with Crippen molar-refractivity contribution in [2.75, 3.05) is 13.1 Å². The minimum absolute atomic E-state index is 0.125. The predicted molar refractivity (Wildman–Crippen MR) is 105 cm³/mol. The van der Waals surface area contributed by atoms with E-state index in [1.54, 1.807) is 12.1 Å². The quantitative estimate of drug-likeness (QED) is 0.826. The van der Waals surface area contributed by atoms with Crippen LogP contribution in [-0.2, 0) is 17.9 Å². The topological polar surface area (TPSA) is 32.3 Å². The Bertz CT molecular complexity index is 798. The number of hydrogen-bond donors (Lipinski definition) is 1. The Hall–Kier alpha value is -1.91.